The van der Waals surface area contributed by atoms with Crippen LogP contribution in [-0.4, -0.2) is 29.0 Å². The minimum Gasteiger partial charge on any atom is -0.480 e. The van der Waals surface area contributed by atoms with Gasteiger partial charge in [0.2, 0.25) is 0 Å². The second-order valence-electron chi connectivity index (χ2n) is 4.41. The molecule has 0 aromatic heterocycles. The van der Waals surface area contributed by atoms with Crippen LogP contribution in [-0.2, 0) is 4.79 Å². The Morgan fingerprint density at radius 3 is 3.00 bits per heavy atom. The maximum Gasteiger partial charge on any atom is 0.320 e. The van der Waals surface area contributed by atoms with Crippen molar-refractivity contribution >= 4 is 11.8 Å². The number of carboxylic acids is 1. The van der Waals surface area contributed by atoms with E-state index in [1.54, 1.807) is 0 Å². The summed E-state index contributed by atoms with van der Waals surface area (Å²) in [6.45, 7) is 0. The third kappa shape index (κ3) is 5.49. The molecule has 0 aromatic carbocycles. The fourth-order valence-electron chi connectivity index (χ4n) is 1.82. The summed E-state index contributed by atoms with van der Waals surface area (Å²) in [6.07, 6.45) is 9.15. The molecule has 1 aliphatic rings. The Balaban J connectivity index is 2.31. The van der Waals surface area contributed by atoms with Crippen molar-refractivity contribution in [3.8, 4) is 0 Å². The number of carboxylic acid groups (broad SMARTS) is 1. The van der Waals surface area contributed by atoms with Crippen molar-refractivity contribution < 1.29 is 9.90 Å². The number of aliphatic carboxylic acids is 1. The van der Waals surface area contributed by atoms with Crippen LogP contribution in [0.4, 0.5) is 0 Å². The molecule has 0 unspecified atom stereocenters. The molecule has 17 heavy (non-hydrogen) atoms. The lowest BCUT2D eigenvalue weighted by Gasteiger charge is -2.07. The molecule has 0 radical (unpaired) electrons. The fraction of sp³-hybridized carbons (Fsp3) is 0.667. The van der Waals surface area contributed by atoms with E-state index in [2.05, 4.69) is 4.99 Å². The maximum absolute atomic E-state index is 10.5. The van der Waals surface area contributed by atoms with Crippen molar-refractivity contribution in [1.29, 1.82) is 0 Å². The molecule has 2 atom stereocenters. The lowest BCUT2D eigenvalue weighted by molar-refractivity contribution is -0.138. The summed E-state index contributed by atoms with van der Waals surface area (Å²) >= 11 is 0. The van der Waals surface area contributed by atoms with E-state index in [0.29, 0.717) is 6.42 Å². The molecule has 0 fully saturated rings. The topological polar surface area (TPSA) is 102 Å². The van der Waals surface area contributed by atoms with Gasteiger partial charge in [-0.15, -0.1) is 0 Å². The van der Waals surface area contributed by atoms with Crippen molar-refractivity contribution in [2.75, 3.05) is 0 Å². The molecular weight excluding hydrogens is 218 g/mol. The van der Waals surface area contributed by atoms with Crippen LogP contribution in [0.3, 0.4) is 0 Å². The van der Waals surface area contributed by atoms with Gasteiger partial charge in [0.1, 0.15) is 6.04 Å². The molecule has 1 rings (SSSR count). The lowest BCUT2D eigenvalue weighted by atomic mass is 10.1. The van der Waals surface area contributed by atoms with Crippen molar-refractivity contribution in [2.24, 2.45) is 16.5 Å². The van der Waals surface area contributed by atoms with E-state index in [1.807, 2.05) is 12.2 Å². The van der Waals surface area contributed by atoms with Crippen LogP contribution in [0.5, 0.6) is 0 Å². The molecule has 0 amide bonds. The zero-order valence-electron chi connectivity index (χ0n) is 10.0. The molecule has 1 aliphatic heterocycles. The van der Waals surface area contributed by atoms with Crippen LogP contribution in [0.1, 0.15) is 38.5 Å². The lowest BCUT2D eigenvalue weighted by Crippen LogP contribution is -2.29. The van der Waals surface area contributed by atoms with E-state index in [1.165, 1.54) is 0 Å². The second kappa shape index (κ2) is 7.06. The molecular formula is C12H21N3O2. The molecule has 0 bridgehead atoms. The summed E-state index contributed by atoms with van der Waals surface area (Å²) in [4.78, 5) is 14.9. The van der Waals surface area contributed by atoms with Gasteiger partial charge in [-0.25, -0.2) is 0 Å². The number of amidine groups is 1. The van der Waals surface area contributed by atoms with Gasteiger partial charge in [-0.3, -0.25) is 9.79 Å². The SMILES string of the molecule is NC1=N[C@H](C/C=C/C[C@@H](N)C(=O)O)CCCC1. The molecule has 0 saturated heterocycles. The third-order valence-corrected chi connectivity index (χ3v) is 2.85. The van der Waals surface area contributed by atoms with Gasteiger partial charge in [0.05, 0.1) is 11.9 Å². The zero-order valence-corrected chi connectivity index (χ0v) is 10.0. The standard InChI is InChI=1S/C12H21N3O2/c13-10(12(16)17)7-3-1-5-9-6-2-4-8-11(14)15-9/h1,3,9-10H,2,4-8,13H2,(H2,14,15)(H,16,17)/b3-1+/t9-,10-/m1/s1. The molecule has 5 N–H and O–H groups in total. The largest absolute Gasteiger partial charge is 0.480 e. The molecule has 0 spiro atoms. The van der Waals surface area contributed by atoms with E-state index in [0.717, 1.165) is 37.9 Å². The van der Waals surface area contributed by atoms with Gasteiger partial charge in [-0.05, 0) is 25.7 Å². The van der Waals surface area contributed by atoms with Gasteiger partial charge >= 0.3 is 5.97 Å². The highest BCUT2D eigenvalue weighted by molar-refractivity contribution is 5.80. The van der Waals surface area contributed by atoms with E-state index in [-0.39, 0.29) is 6.04 Å². The van der Waals surface area contributed by atoms with Crippen LogP contribution in [0.2, 0.25) is 0 Å². The Morgan fingerprint density at radius 2 is 2.29 bits per heavy atom. The van der Waals surface area contributed by atoms with Gasteiger partial charge in [-0.2, -0.15) is 0 Å². The first kappa shape index (κ1) is 13.7. The second-order valence-corrected chi connectivity index (χ2v) is 4.41. The monoisotopic (exact) mass is 239 g/mol. The van der Waals surface area contributed by atoms with Crippen LogP contribution in [0.25, 0.3) is 0 Å². The number of nitrogens with zero attached hydrogens (tertiary/aromatic N) is 1. The molecule has 96 valence electrons. The first-order chi connectivity index (χ1) is 8.09. The molecule has 0 saturated carbocycles. The summed E-state index contributed by atoms with van der Waals surface area (Å²) in [7, 11) is 0. The van der Waals surface area contributed by atoms with Crippen molar-refractivity contribution in [3.63, 3.8) is 0 Å². The number of rotatable bonds is 5. The maximum atomic E-state index is 10.5. The molecule has 0 aliphatic carbocycles. The van der Waals surface area contributed by atoms with Crippen molar-refractivity contribution in [2.45, 2.75) is 50.6 Å². The average Bonchev–Trinajstić information content (AvgIpc) is 2.48. The van der Waals surface area contributed by atoms with Gasteiger partial charge < -0.3 is 16.6 Å². The number of carbonyl (C=O) groups is 1. The Hall–Kier alpha value is -1.36. The number of hydrogen-bond acceptors (Lipinski definition) is 4. The Bertz CT molecular complexity index is 313. The third-order valence-electron chi connectivity index (χ3n) is 2.85. The summed E-state index contributed by atoms with van der Waals surface area (Å²) in [5.41, 5.74) is 11.1. The molecule has 5 nitrogen and oxygen atoms in total. The highest BCUT2D eigenvalue weighted by Gasteiger charge is 2.11. The Labute approximate surface area is 102 Å². The Morgan fingerprint density at radius 1 is 1.53 bits per heavy atom. The minimum atomic E-state index is -0.966. The summed E-state index contributed by atoms with van der Waals surface area (Å²) in [5.74, 6) is -0.227. The van der Waals surface area contributed by atoms with E-state index >= 15 is 0 Å². The van der Waals surface area contributed by atoms with Crippen LogP contribution >= 0.6 is 0 Å². The van der Waals surface area contributed by atoms with Crippen molar-refractivity contribution in [1.82, 2.24) is 0 Å². The van der Waals surface area contributed by atoms with E-state index in [9.17, 15) is 4.79 Å². The van der Waals surface area contributed by atoms with Crippen molar-refractivity contribution in [3.05, 3.63) is 12.2 Å². The number of nitrogens with two attached hydrogens (primary N) is 2. The van der Waals surface area contributed by atoms with Gasteiger partial charge in [0.25, 0.3) is 0 Å². The summed E-state index contributed by atoms with van der Waals surface area (Å²) in [6, 6.07) is -0.566. The summed E-state index contributed by atoms with van der Waals surface area (Å²) in [5, 5.41) is 8.60. The van der Waals surface area contributed by atoms with Gasteiger partial charge in [-0.1, -0.05) is 18.6 Å². The quantitative estimate of drug-likeness (QED) is 0.624. The zero-order chi connectivity index (χ0) is 12.7. The normalized spacial score (nSPS) is 23.1. The first-order valence-corrected chi connectivity index (χ1v) is 6.05. The van der Waals surface area contributed by atoms with Crippen LogP contribution in [0.15, 0.2) is 17.1 Å². The fourth-order valence-corrected chi connectivity index (χ4v) is 1.82. The molecule has 0 aromatic rings. The average molecular weight is 239 g/mol. The van der Waals surface area contributed by atoms with Gasteiger partial charge in [0.15, 0.2) is 0 Å². The minimum absolute atomic E-state index is 0.245. The summed E-state index contributed by atoms with van der Waals surface area (Å²) < 4.78 is 0. The smallest absolute Gasteiger partial charge is 0.320 e. The van der Waals surface area contributed by atoms with E-state index in [4.69, 9.17) is 16.6 Å². The Kier molecular flexibility index (Phi) is 5.69. The van der Waals surface area contributed by atoms with Gasteiger partial charge in [0, 0.05) is 6.42 Å². The highest BCUT2D eigenvalue weighted by atomic mass is 16.4. The number of aliphatic imine (C=N–C) groups is 1. The first-order valence-electron chi connectivity index (χ1n) is 6.05. The predicted molar refractivity (Wildman–Crippen MR) is 67.9 cm³/mol. The number of hydrogen-bond donors (Lipinski definition) is 3. The van der Waals surface area contributed by atoms with Crippen LogP contribution in [0, 0.1) is 0 Å². The predicted octanol–water partition coefficient (Wildman–Crippen LogP) is 1.03. The van der Waals surface area contributed by atoms with Crippen LogP contribution < -0.4 is 11.5 Å². The highest BCUT2D eigenvalue weighted by Crippen LogP contribution is 2.15. The molecule has 5 heteroatoms. The van der Waals surface area contributed by atoms with E-state index < -0.39 is 12.0 Å². The molecule has 1 heterocycles.